The first-order valence-electron chi connectivity index (χ1n) is 6.18. The van der Waals surface area contributed by atoms with Gasteiger partial charge in [-0.1, -0.05) is 34.6 Å². The fraction of sp³-hybridized carbons (Fsp3) is 1.00. The van der Waals surface area contributed by atoms with Crippen LogP contribution >= 0.6 is 0 Å². The summed E-state index contributed by atoms with van der Waals surface area (Å²) in [6, 6.07) is 0.728. The van der Waals surface area contributed by atoms with Crippen molar-refractivity contribution in [2.75, 3.05) is 13.1 Å². The average Bonchev–Trinajstić information content (AvgIpc) is 2.66. The van der Waals surface area contributed by atoms with E-state index in [-0.39, 0.29) is 0 Å². The number of nitrogens with one attached hydrogen (secondary N) is 1. The Labute approximate surface area is 95.0 Å². The van der Waals surface area contributed by atoms with Crippen molar-refractivity contribution in [3.8, 4) is 0 Å². The number of nitrogens with two attached hydrogens (primary N) is 1. The summed E-state index contributed by atoms with van der Waals surface area (Å²) < 4.78 is 0. The standard InChI is InChI=1S/C13H28N2/c1-12(2,3)6-10(8-14)9-15-11-7-13(11,4)5/h10-11,15H,6-9,14H2,1-5H3. The van der Waals surface area contributed by atoms with E-state index in [1.807, 2.05) is 0 Å². The first-order chi connectivity index (χ1) is 6.74. The highest BCUT2D eigenvalue weighted by Gasteiger charge is 2.45. The van der Waals surface area contributed by atoms with Crippen LogP contribution < -0.4 is 11.1 Å². The van der Waals surface area contributed by atoms with E-state index in [0.717, 1.165) is 19.1 Å². The lowest BCUT2D eigenvalue weighted by atomic mass is 9.84. The van der Waals surface area contributed by atoms with Crippen molar-refractivity contribution in [1.82, 2.24) is 5.32 Å². The Bertz CT molecular complexity index is 203. The van der Waals surface area contributed by atoms with Gasteiger partial charge in [0.15, 0.2) is 0 Å². The van der Waals surface area contributed by atoms with Crippen LogP contribution in [0.2, 0.25) is 0 Å². The summed E-state index contributed by atoms with van der Waals surface area (Å²) in [6.45, 7) is 13.4. The van der Waals surface area contributed by atoms with Gasteiger partial charge in [0.1, 0.15) is 0 Å². The summed E-state index contributed by atoms with van der Waals surface area (Å²) in [5.74, 6) is 0.626. The minimum Gasteiger partial charge on any atom is -0.330 e. The van der Waals surface area contributed by atoms with Crippen LogP contribution in [0.15, 0.2) is 0 Å². The zero-order valence-electron chi connectivity index (χ0n) is 11.1. The molecule has 1 aliphatic carbocycles. The molecular formula is C13H28N2. The molecular weight excluding hydrogens is 184 g/mol. The molecule has 2 nitrogen and oxygen atoms in total. The second-order valence-electron chi connectivity index (χ2n) is 7.02. The molecule has 0 spiro atoms. The van der Waals surface area contributed by atoms with Crippen LogP contribution in [0.5, 0.6) is 0 Å². The first-order valence-corrected chi connectivity index (χ1v) is 6.18. The molecule has 0 bridgehead atoms. The Morgan fingerprint density at radius 3 is 2.27 bits per heavy atom. The molecule has 2 heteroatoms. The van der Waals surface area contributed by atoms with Gasteiger partial charge >= 0.3 is 0 Å². The Kier molecular flexibility index (Phi) is 3.83. The van der Waals surface area contributed by atoms with Crippen molar-refractivity contribution in [3.05, 3.63) is 0 Å². The molecule has 0 aromatic rings. The second kappa shape index (κ2) is 4.42. The summed E-state index contributed by atoms with van der Waals surface area (Å²) in [5.41, 5.74) is 6.74. The largest absolute Gasteiger partial charge is 0.330 e. The number of hydrogen-bond acceptors (Lipinski definition) is 2. The van der Waals surface area contributed by atoms with Gasteiger partial charge in [-0.25, -0.2) is 0 Å². The molecule has 1 rings (SSSR count). The van der Waals surface area contributed by atoms with Gasteiger partial charge in [-0.05, 0) is 42.7 Å². The van der Waals surface area contributed by atoms with Gasteiger partial charge in [-0.3, -0.25) is 0 Å². The Morgan fingerprint density at radius 1 is 1.40 bits per heavy atom. The lowest BCUT2D eigenvalue weighted by Gasteiger charge is -2.25. The Hall–Kier alpha value is -0.0800. The molecule has 0 saturated heterocycles. The summed E-state index contributed by atoms with van der Waals surface area (Å²) in [4.78, 5) is 0. The highest BCUT2D eigenvalue weighted by atomic mass is 15.0. The van der Waals surface area contributed by atoms with Crippen molar-refractivity contribution >= 4 is 0 Å². The van der Waals surface area contributed by atoms with Crippen LogP contribution in [0.3, 0.4) is 0 Å². The van der Waals surface area contributed by atoms with Crippen molar-refractivity contribution < 1.29 is 0 Å². The highest BCUT2D eigenvalue weighted by molar-refractivity contribution is 5.01. The molecule has 0 amide bonds. The van der Waals surface area contributed by atoms with Crippen LogP contribution in [-0.4, -0.2) is 19.1 Å². The van der Waals surface area contributed by atoms with Crippen LogP contribution in [-0.2, 0) is 0 Å². The molecule has 0 heterocycles. The first kappa shape index (κ1) is 13.0. The maximum Gasteiger partial charge on any atom is 0.0125 e. The predicted octanol–water partition coefficient (Wildman–Crippen LogP) is 2.39. The third-order valence-corrected chi connectivity index (χ3v) is 3.40. The smallest absolute Gasteiger partial charge is 0.0125 e. The van der Waals surface area contributed by atoms with Gasteiger partial charge in [0.05, 0.1) is 0 Å². The Balaban J connectivity index is 2.23. The molecule has 1 aliphatic rings. The third kappa shape index (κ3) is 4.52. The maximum atomic E-state index is 5.81. The zero-order chi connectivity index (χ0) is 11.7. The molecule has 0 aliphatic heterocycles. The minimum absolute atomic E-state index is 0.394. The summed E-state index contributed by atoms with van der Waals surface area (Å²) in [7, 11) is 0. The summed E-state index contributed by atoms with van der Waals surface area (Å²) in [6.07, 6.45) is 2.53. The quantitative estimate of drug-likeness (QED) is 0.734. The lowest BCUT2D eigenvalue weighted by Crippen LogP contribution is -2.33. The molecule has 2 atom stereocenters. The fourth-order valence-corrected chi connectivity index (χ4v) is 2.23. The van der Waals surface area contributed by atoms with Gasteiger partial charge in [-0.2, -0.15) is 0 Å². The molecule has 0 aromatic heterocycles. The van der Waals surface area contributed by atoms with Gasteiger partial charge in [0.2, 0.25) is 0 Å². The van der Waals surface area contributed by atoms with Crippen LogP contribution in [0, 0.1) is 16.7 Å². The molecule has 3 N–H and O–H groups in total. The molecule has 2 unspecified atom stereocenters. The lowest BCUT2D eigenvalue weighted by molar-refractivity contribution is 0.287. The van der Waals surface area contributed by atoms with Crippen LogP contribution in [0.25, 0.3) is 0 Å². The van der Waals surface area contributed by atoms with Gasteiger partial charge in [0.25, 0.3) is 0 Å². The van der Waals surface area contributed by atoms with Gasteiger partial charge < -0.3 is 11.1 Å². The van der Waals surface area contributed by atoms with Crippen LogP contribution in [0.4, 0.5) is 0 Å². The molecule has 1 fully saturated rings. The van der Waals surface area contributed by atoms with E-state index < -0.39 is 0 Å². The van der Waals surface area contributed by atoms with E-state index in [2.05, 4.69) is 39.9 Å². The van der Waals surface area contributed by atoms with Crippen molar-refractivity contribution in [2.45, 2.75) is 53.5 Å². The zero-order valence-corrected chi connectivity index (χ0v) is 11.1. The molecule has 15 heavy (non-hydrogen) atoms. The normalized spacial score (nSPS) is 26.4. The SMILES string of the molecule is CC(C)(C)CC(CN)CNC1CC1(C)C. The predicted molar refractivity (Wildman–Crippen MR) is 66.8 cm³/mol. The van der Waals surface area contributed by atoms with Crippen molar-refractivity contribution in [3.63, 3.8) is 0 Å². The van der Waals surface area contributed by atoms with Crippen LogP contribution in [0.1, 0.15) is 47.5 Å². The number of hydrogen-bond donors (Lipinski definition) is 2. The minimum atomic E-state index is 0.394. The summed E-state index contributed by atoms with van der Waals surface area (Å²) >= 11 is 0. The average molecular weight is 212 g/mol. The molecule has 90 valence electrons. The van der Waals surface area contributed by atoms with E-state index in [9.17, 15) is 0 Å². The number of rotatable bonds is 5. The molecule has 1 saturated carbocycles. The van der Waals surface area contributed by atoms with E-state index in [1.54, 1.807) is 0 Å². The fourth-order valence-electron chi connectivity index (χ4n) is 2.23. The van der Waals surface area contributed by atoms with E-state index in [0.29, 0.717) is 16.7 Å². The Morgan fingerprint density at radius 2 is 1.93 bits per heavy atom. The monoisotopic (exact) mass is 212 g/mol. The van der Waals surface area contributed by atoms with Gasteiger partial charge in [0, 0.05) is 6.04 Å². The maximum absolute atomic E-state index is 5.81. The van der Waals surface area contributed by atoms with E-state index in [1.165, 1.54) is 12.8 Å². The second-order valence-corrected chi connectivity index (χ2v) is 7.02. The topological polar surface area (TPSA) is 38.0 Å². The summed E-state index contributed by atoms with van der Waals surface area (Å²) in [5, 5.41) is 3.64. The van der Waals surface area contributed by atoms with Crippen molar-refractivity contribution in [1.29, 1.82) is 0 Å². The van der Waals surface area contributed by atoms with Gasteiger partial charge in [-0.15, -0.1) is 0 Å². The third-order valence-electron chi connectivity index (χ3n) is 3.40. The molecule has 0 radical (unpaired) electrons. The van der Waals surface area contributed by atoms with Crippen molar-refractivity contribution in [2.24, 2.45) is 22.5 Å². The highest BCUT2D eigenvalue weighted by Crippen LogP contribution is 2.44. The molecule has 0 aromatic carbocycles. The van der Waals surface area contributed by atoms with E-state index in [4.69, 9.17) is 5.73 Å². The van der Waals surface area contributed by atoms with E-state index >= 15 is 0 Å².